The first-order valence-corrected chi connectivity index (χ1v) is 12.5. The zero-order valence-corrected chi connectivity index (χ0v) is 20.3. The number of amides is 1. The van der Waals surface area contributed by atoms with E-state index >= 15 is 0 Å². The zero-order valence-electron chi connectivity index (χ0n) is 19.4. The van der Waals surface area contributed by atoms with E-state index in [1.54, 1.807) is 25.6 Å². The Balaban J connectivity index is 1.44. The molecule has 1 saturated carbocycles. The van der Waals surface area contributed by atoms with Crippen LogP contribution in [0.3, 0.4) is 0 Å². The van der Waals surface area contributed by atoms with Gasteiger partial charge in [-0.3, -0.25) is 9.69 Å². The number of fused-ring (bicyclic) bond motifs is 1. The molecule has 0 radical (unpaired) electrons. The van der Waals surface area contributed by atoms with Gasteiger partial charge >= 0.3 is 0 Å². The van der Waals surface area contributed by atoms with Gasteiger partial charge in [0.15, 0.2) is 0 Å². The lowest BCUT2D eigenvalue weighted by molar-refractivity contribution is -0.136. The molecular weight excluding hydrogens is 440 g/mol. The summed E-state index contributed by atoms with van der Waals surface area (Å²) in [4.78, 5) is 18.9. The van der Waals surface area contributed by atoms with Crippen LogP contribution in [0.25, 0.3) is 0 Å². The van der Waals surface area contributed by atoms with E-state index in [-0.39, 0.29) is 18.6 Å². The van der Waals surface area contributed by atoms with E-state index in [0.29, 0.717) is 32.2 Å². The lowest BCUT2D eigenvalue weighted by atomic mass is 10.0. The first kappa shape index (κ1) is 24.0. The van der Waals surface area contributed by atoms with Crippen LogP contribution in [0.15, 0.2) is 35.7 Å². The van der Waals surface area contributed by atoms with Crippen molar-refractivity contribution in [3.05, 3.63) is 46.2 Å². The molecule has 0 bridgehead atoms. The number of aliphatic hydroxyl groups excluding tert-OH is 1. The fraction of sp³-hybridized carbons (Fsp3) is 0.560. The SMILES string of the molecule is COC[C@@H](O)CN(CC(=O)N1CCc2sccc2[C@H]1COc1ccc(OC)cc1)CC1CC1. The van der Waals surface area contributed by atoms with Crippen molar-refractivity contribution in [2.24, 2.45) is 5.92 Å². The van der Waals surface area contributed by atoms with Crippen molar-refractivity contribution in [3.8, 4) is 11.5 Å². The summed E-state index contributed by atoms with van der Waals surface area (Å²) in [5.74, 6) is 2.25. The Kier molecular flexibility index (Phi) is 8.25. The Morgan fingerprint density at radius 1 is 1.21 bits per heavy atom. The summed E-state index contributed by atoms with van der Waals surface area (Å²) >= 11 is 1.75. The number of ether oxygens (including phenoxy) is 3. The smallest absolute Gasteiger partial charge is 0.237 e. The Hall–Kier alpha value is -2.13. The third kappa shape index (κ3) is 6.47. The van der Waals surface area contributed by atoms with E-state index in [0.717, 1.165) is 24.5 Å². The summed E-state index contributed by atoms with van der Waals surface area (Å²) in [6, 6.07) is 9.51. The zero-order chi connectivity index (χ0) is 23.2. The van der Waals surface area contributed by atoms with E-state index in [4.69, 9.17) is 14.2 Å². The number of carbonyl (C=O) groups is 1. The van der Waals surface area contributed by atoms with Gasteiger partial charge in [-0.25, -0.2) is 0 Å². The molecule has 2 aromatic rings. The molecule has 1 aromatic carbocycles. The third-order valence-corrected chi connectivity index (χ3v) is 7.28. The van der Waals surface area contributed by atoms with Crippen molar-refractivity contribution in [1.29, 1.82) is 0 Å². The van der Waals surface area contributed by atoms with Gasteiger partial charge in [0.2, 0.25) is 5.91 Å². The molecule has 7 nitrogen and oxygen atoms in total. The highest BCUT2D eigenvalue weighted by molar-refractivity contribution is 7.10. The maximum atomic E-state index is 13.5. The van der Waals surface area contributed by atoms with E-state index < -0.39 is 6.10 Å². The van der Waals surface area contributed by atoms with Crippen molar-refractivity contribution in [2.45, 2.75) is 31.4 Å². The van der Waals surface area contributed by atoms with E-state index in [9.17, 15) is 9.90 Å². The molecule has 1 aliphatic carbocycles. The van der Waals surface area contributed by atoms with Crippen LogP contribution in [0.5, 0.6) is 11.5 Å². The minimum Gasteiger partial charge on any atom is -0.497 e. The van der Waals surface area contributed by atoms with Crippen LogP contribution in [-0.4, -0.2) is 80.5 Å². The number of hydrogen-bond acceptors (Lipinski definition) is 7. The average molecular weight is 475 g/mol. The lowest BCUT2D eigenvalue weighted by Gasteiger charge is -2.37. The second-order valence-corrected chi connectivity index (χ2v) is 9.89. The number of rotatable bonds is 12. The van der Waals surface area contributed by atoms with Crippen LogP contribution in [0, 0.1) is 5.92 Å². The Morgan fingerprint density at radius 3 is 2.67 bits per heavy atom. The van der Waals surface area contributed by atoms with E-state index in [1.807, 2.05) is 29.2 Å². The fourth-order valence-corrected chi connectivity index (χ4v) is 5.34. The number of hydrogen-bond donors (Lipinski definition) is 1. The maximum Gasteiger partial charge on any atom is 0.237 e. The van der Waals surface area contributed by atoms with Gasteiger partial charge in [0, 0.05) is 31.6 Å². The van der Waals surface area contributed by atoms with Crippen molar-refractivity contribution >= 4 is 17.2 Å². The first-order chi connectivity index (χ1) is 16.1. The van der Waals surface area contributed by atoms with Crippen LogP contribution >= 0.6 is 11.3 Å². The Labute approximate surface area is 199 Å². The normalized spacial score (nSPS) is 18.8. The van der Waals surface area contributed by atoms with Crippen molar-refractivity contribution in [3.63, 3.8) is 0 Å². The summed E-state index contributed by atoms with van der Waals surface area (Å²) in [6.45, 7) is 2.95. The molecule has 8 heteroatoms. The molecule has 0 saturated heterocycles. The first-order valence-electron chi connectivity index (χ1n) is 11.6. The molecule has 33 heavy (non-hydrogen) atoms. The highest BCUT2D eigenvalue weighted by Gasteiger charge is 2.34. The van der Waals surface area contributed by atoms with Crippen molar-refractivity contribution in [2.75, 3.05) is 53.6 Å². The highest BCUT2D eigenvalue weighted by atomic mass is 32.1. The minimum absolute atomic E-state index is 0.0837. The van der Waals surface area contributed by atoms with Gasteiger partial charge in [-0.2, -0.15) is 0 Å². The molecule has 4 rings (SSSR count). The van der Waals surface area contributed by atoms with Gasteiger partial charge in [0.1, 0.15) is 18.1 Å². The van der Waals surface area contributed by atoms with Crippen LogP contribution in [0.4, 0.5) is 0 Å². The summed E-state index contributed by atoms with van der Waals surface area (Å²) in [5.41, 5.74) is 1.18. The summed E-state index contributed by atoms with van der Waals surface area (Å²) < 4.78 is 16.4. The molecule has 1 aromatic heterocycles. The minimum atomic E-state index is -0.597. The number of thiophene rings is 1. The molecular formula is C25H34N2O5S. The molecule has 2 atom stereocenters. The largest absolute Gasteiger partial charge is 0.497 e. The number of aliphatic hydroxyl groups is 1. The van der Waals surface area contributed by atoms with Gasteiger partial charge in [-0.15, -0.1) is 11.3 Å². The second kappa shape index (κ2) is 11.3. The van der Waals surface area contributed by atoms with Crippen LogP contribution in [0.2, 0.25) is 0 Å². The van der Waals surface area contributed by atoms with E-state index in [1.165, 1.54) is 23.3 Å². The van der Waals surface area contributed by atoms with E-state index in [2.05, 4.69) is 16.3 Å². The highest BCUT2D eigenvalue weighted by Crippen LogP contribution is 2.34. The number of nitrogens with zero attached hydrogens (tertiary/aromatic N) is 2. The number of benzene rings is 1. The molecule has 0 spiro atoms. The maximum absolute atomic E-state index is 13.5. The van der Waals surface area contributed by atoms with Crippen LogP contribution in [-0.2, 0) is 16.0 Å². The molecule has 0 unspecified atom stereocenters. The topological polar surface area (TPSA) is 71.5 Å². The lowest BCUT2D eigenvalue weighted by Crippen LogP contribution is -2.48. The Bertz CT molecular complexity index is 898. The second-order valence-electron chi connectivity index (χ2n) is 8.89. The van der Waals surface area contributed by atoms with Crippen molar-refractivity contribution < 1.29 is 24.1 Å². The van der Waals surface area contributed by atoms with Crippen molar-refractivity contribution in [1.82, 2.24) is 9.80 Å². The monoisotopic (exact) mass is 474 g/mol. The molecule has 1 aliphatic heterocycles. The molecule has 1 fully saturated rings. The summed E-state index contributed by atoms with van der Waals surface area (Å²) in [5, 5.41) is 12.4. The van der Waals surface area contributed by atoms with Gasteiger partial charge < -0.3 is 24.2 Å². The molecule has 2 heterocycles. The molecule has 2 aliphatic rings. The van der Waals surface area contributed by atoms with Gasteiger partial charge in [-0.1, -0.05) is 0 Å². The van der Waals surface area contributed by atoms with Gasteiger partial charge in [0.05, 0.1) is 32.4 Å². The molecule has 180 valence electrons. The predicted octanol–water partition coefficient (Wildman–Crippen LogP) is 2.98. The number of carbonyl (C=O) groups excluding carboxylic acids is 1. The molecule has 1 N–H and O–H groups in total. The summed E-state index contributed by atoms with van der Waals surface area (Å²) in [7, 11) is 3.22. The number of methoxy groups -OCH3 is 2. The quantitative estimate of drug-likeness (QED) is 0.510. The standard InChI is InChI=1S/C25H34N2O5S/c1-30-16-19(28)14-26(13-18-3-4-18)15-25(29)27-11-9-24-22(10-12-33-24)23(27)17-32-21-7-5-20(31-2)6-8-21/h5-8,10,12,18-19,23,28H,3-4,9,11,13-17H2,1-2H3/t19-,23+/m0/s1. The predicted molar refractivity (Wildman–Crippen MR) is 128 cm³/mol. The fourth-order valence-electron chi connectivity index (χ4n) is 4.42. The van der Waals surface area contributed by atoms with Gasteiger partial charge in [-0.05, 0) is 66.5 Å². The molecule has 1 amide bonds. The third-order valence-electron chi connectivity index (χ3n) is 6.28. The van der Waals surface area contributed by atoms with Crippen LogP contribution < -0.4 is 9.47 Å². The van der Waals surface area contributed by atoms with Gasteiger partial charge in [0.25, 0.3) is 0 Å². The van der Waals surface area contributed by atoms with Crippen LogP contribution in [0.1, 0.15) is 29.3 Å². The Morgan fingerprint density at radius 2 is 1.97 bits per heavy atom. The summed E-state index contributed by atoms with van der Waals surface area (Å²) in [6.07, 6.45) is 2.67. The average Bonchev–Trinajstić information content (AvgIpc) is 3.49.